The van der Waals surface area contributed by atoms with Crippen LogP contribution in [0.3, 0.4) is 0 Å². The zero-order valence-corrected chi connectivity index (χ0v) is 13.5. The van der Waals surface area contributed by atoms with Gasteiger partial charge in [0.2, 0.25) is 0 Å². The molecular formula is C18H22N2O3. The maximum Gasteiger partial charge on any atom is 0.255 e. The molecule has 23 heavy (non-hydrogen) atoms. The fraction of sp³-hybridized carbons (Fsp3) is 0.278. The lowest BCUT2D eigenvalue weighted by molar-refractivity contribution is 0.102. The highest BCUT2D eigenvalue weighted by atomic mass is 16.5. The quantitative estimate of drug-likeness (QED) is 0.764. The largest absolute Gasteiger partial charge is 0.490 e. The molecule has 0 unspecified atom stereocenters. The third kappa shape index (κ3) is 4.39. The van der Waals surface area contributed by atoms with E-state index in [1.165, 1.54) is 0 Å². The molecule has 2 aromatic carbocycles. The first kappa shape index (κ1) is 16.7. The number of para-hydroxylation sites is 2. The molecule has 0 heterocycles. The molecular weight excluding hydrogens is 292 g/mol. The highest BCUT2D eigenvalue weighted by molar-refractivity contribution is 6.06. The molecule has 2 rings (SSSR count). The number of anilines is 2. The highest BCUT2D eigenvalue weighted by Crippen LogP contribution is 2.29. The number of nitrogens with one attached hydrogen (secondary N) is 1. The Balaban J connectivity index is 2.20. The normalized spacial score (nSPS) is 10.2. The van der Waals surface area contributed by atoms with E-state index in [-0.39, 0.29) is 5.91 Å². The number of hydrogen-bond donors (Lipinski definition) is 2. The van der Waals surface area contributed by atoms with E-state index in [4.69, 9.17) is 15.2 Å². The van der Waals surface area contributed by atoms with Crippen molar-refractivity contribution in [2.75, 3.05) is 24.3 Å². The van der Waals surface area contributed by atoms with E-state index in [0.717, 1.165) is 6.42 Å². The molecule has 0 fully saturated rings. The van der Waals surface area contributed by atoms with Gasteiger partial charge in [-0.05, 0) is 43.7 Å². The minimum atomic E-state index is -0.245. The number of nitrogens with two attached hydrogens (primary N) is 1. The van der Waals surface area contributed by atoms with Gasteiger partial charge in [0, 0.05) is 5.56 Å². The third-order valence-electron chi connectivity index (χ3n) is 3.18. The van der Waals surface area contributed by atoms with Crippen LogP contribution < -0.4 is 20.5 Å². The molecule has 5 heteroatoms. The summed E-state index contributed by atoms with van der Waals surface area (Å²) in [6.07, 6.45) is 0.904. The summed E-state index contributed by atoms with van der Waals surface area (Å²) in [7, 11) is 0. The summed E-state index contributed by atoms with van der Waals surface area (Å²) >= 11 is 0. The van der Waals surface area contributed by atoms with Crippen molar-refractivity contribution in [2.45, 2.75) is 20.3 Å². The summed E-state index contributed by atoms with van der Waals surface area (Å²) in [4.78, 5) is 12.4. The van der Waals surface area contributed by atoms with Gasteiger partial charge in [0.15, 0.2) is 11.5 Å². The number of benzene rings is 2. The Hall–Kier alpha value is -2.69. The van der Waals surface area contributed by atoms with Crippen molar-refractivity contribution in [3.63, 3.8) is 0 Å². The average Bonchev–Trinajstić information content (AvgIpc) is 2.56. The maximum atomic E-state index is 12.4. The smallest absolute Gasteiger partial charge is 0.255 e. The van der Waals surface area contributed by atoms with Crippen molar-refractivity contribution in [1.29, 1.82) is 0 Å². The van der Waals surface area contributed by atoms with Crippen LogP contribution in [0, 0.1) is 0 Å². The zero-order chi connectivity index (χ0) is 16.7. The van der Waals surface area contributed by atoms with Gasteiger partial charge >= 0.3 is 0 Å². The number of carbonyl (C=O) groups excluding carboxylic acids is 1. The molecule has 0 aromatic heterocycles. The van der Waals surface area contributed by atoms with E-state index < -0.39 is 0 Å². The molecule has 0 saturated carbocycles. The van der Waals surface area contributed by atoms with Crippen molar-refractivity contribution < 1.29 is 14.3 Å². The molecule has 0 aliphatic carbocycles. The van der Waals surface area contributed by atoms with Crippen molar-refractivity contribution in [2.24, 2.45) is 0 Å². The lowest BCUT2D eigenvalue weighted by Crippen LogP contribution is -2.13. The molecule has 2 aromatic rings. The van der Waals surface area contributed by atoms with Crippen molar-refractivity contribution in [3.05, 3.63) is 48.0 Å². The molecule has 0 aliphatic heterocycles. The van der Waals surface area contributed by atoms with E-state index in [1.807, 2.05) is 26.0 Å². The average molecular weight is 314 g/mol. The van der Waals surface area contributed by atoms with Gasteiger partial charge in [-0.3, -0.25) is 4.79 Å². The first-order valence-electron chi connectivity index (χ1n) is 7.71. The van der Waals surface area contributed by atoms with Crippen LogP contribution in [0.4, 0.5) is 11.4 Å². The Bertz CT molecular complexity index is 671. The Morgan fingerprint density at radius 1 is 1.09 bits per heavy atom. The molecule has 0 spiro atoms. The van der Waals surface area contributed by atoms with Crippen LogP contribution in [0.5, 0.6) is 11.5 Å². The summed E-state index contributed by atoms with van der Waals surface area (Å²) in [6.45, 7) is 5.03. The standard InChI is InChI=1S/C18H22N2O3/c1-3-11-23-16-10-9-13(12-17(16)22-4-2)18(21)20-15-8-6-5-7-14(15)19/h5-10,12H,3-4,11,19H2,1-2H3,(H,20,21). The first-order chi connectivity index (χ1) is 11.2. The third-order valence-corrected chi connectivity index (χ3v) is 3.18. The van der Waals surface area contributed by atoms with Gasteiger partial charge in [0.05, 0.1) is 24.6 Å². The van der Waals surface area contributed by atoms with Crippen LogP contribution in [0.2, 0.25) is 0 Å². The number of hydrogen-bond acceptors (Lipinski definition) is 4. The lowest BCUT2D eigenvalue weighted by Gasteiger charge is -2.13. The summed E-state index contributed by atoms with van der Waals surface area (Å²) in [5.74, 6) is 0.963. The van der Waals surface area contributed by atoms with Gasteiger partial charge in [-0.1, -0.05) is 19.1 Å². The molecule has 3 N–H and O–H groups in total. The summed E-state index contributed by atoms with van der Waals surface area (Å²) < 4.78 is 11.2. The SMILES string of the molecule is CCCOc1ccc(C(=O)Nc2ccccc2N)cc1OCC. The monoisotopic (exact) mass is 314 g/mol. The van der Waals surface area contributed by atoms with Gasteiger partial charge in [0.25, 0.3) is 5.91 Å². The molecule has 0 atom stereocenters. The number of nitrogen functional groups attached to an aromatic ring is 1. The molecule has 0 saturated heterocycles. The van der Waals surface area contributed by atoms with Gasteiger partial charge in [-0.25, -0.2) is 0 Å². The van der Waals surface area contributed by atoms with Gasteiger partial charge in [-0.15, -0.1) is 0 Å². The zero-order valence-electron chi connectivity index (χ0n) is 13.5. The van der Waals surface area contributed by atoms with Crippen LogP contribution in [-0.4, -0.2) is 19.1 Å². The van der Waals surface area contributed by atoms with Crippen LogP contribution in [0.1, 0.15) is 30.6 Å². The molecule has 1 amide bonds. The van der Waals surface area contributed by atoms with E-state index in [2.05, 4.69) is 5.32 Å². The molecule has 122 valence electrons. The van der Waals surface area contributed by atoms with Gasteiger partial charge < -0.3 is 20.5 Å². The summed E-state index contributed by atoms with van der Waals surface area (Å²) in [5.41, 5.74) is 7.44. The lowest BCUT2D eigenvalue weighted by atomic mass is 10.1. The molecule has 5 nitrogen and oxygen atoms in total. The topological polar surface area (TPSA) is 73.6 Å². The highest BCUT2D eigenvalue weighted by Gasteiger charge is 2.12. The Morgan fingerprint density at radius 2 is 1.87 bits per heavy atom. The minimum absolute atomic E-state index is 0.245. The van der Waals surface area contributed by atoms with E-state index in [9.17, 15) is 4.79 Å². The van der Waals surface area contributed by atoms with Crippen molar-refractivity contribution in [3.8, 4) is 11.5 Å². The molecule has 0 bridgehead atoms. The van der Waals surface area contributed by atoms with Crippen LogP contribution in [0.15, 0.2) is 42.5 Å². The van der Waals surface area contributed by atoms with Crippen LogP contribution in [-0.2, 0) is 0 Å². The predicted octanol–water partition coefficient (Wildman–Crippen LogP) is 3.71. The second kappa shape index (κ2) is 8.08. The van der Waals surface area contributed by atoms with Gasteiger partial charge in [-0.2, -0.15) is 0 Å². The maximum absolute atomic E-state index is 12.4. The minimum Gasteiger partial charge on any atom is -0.490 e. The molecule has 0 aliphatic rings. The summed E-state index contributed by atoms with van der Waals surface area (Å²) in [6, 6.07) is 12.3. The second-order valence-corrected chi connectivity index (χ2v) is 4.98. The number of ether oxygens (including phenoxy) is 2. The van der Waals surface area contributed by atoms with Crippen LogP contribution >= 0.6 is 0 Å². The fourth-order valence-electron chi connectivity index (χ4n) is 2.05. The first-order valence-corrected chi connectivity index (χ1v) is 7.71. The Labute approximate surface area is 136 Å². The number of carbonyl (C=O) groups is 1. The second-order valence-electron chi connectivity index (χ2n) is 4.98. The number of rotatable bonds is 7. The summed E-state index contributed by atoms with van der Waals surface area (Å²) in [5, 5.41) is 2.80. The van der Waals surface area contributed by atoms with E-state index in [0.29, 0.717) is 41.7 Å². The fourth-order valence-corrected chi connectivity index (χ4v) is 2.05. The molecule has 0 radical (unpaired) electrons. The van der Waals surface area contributed by atoms with Crippen LogP contribution in [0.25, 0.3) is 0 Å². The Kier molecular flexibility index (Phi) is 5.86. The van der Waals surface area contributed by atoms with Gasteiger partial charge in [0.1, 0.15) is 0 Å². The van der Waals surface area contributed by atoms with Crippen molar-refractivity contribution >= 4 is 17.3 Å². The Morgan fingerprint density at radius 3 is 2.57 bits per heavy atom. The number of amides is 1. The van der Waals surface area contributed by atoms with E-state index in [1.54, 1.807) is 30.3 Å². The van der Waals surface area contributed by atoms with E-state index >= 15 is 0 Å². The predicted molar refractivity (Wildman–Crippen MR) is 92.2 cm³/mol. The van der Waals surface area contributed by atoms with Crippen molar-refractivity contribution in [1.82, 2.24) is 0 Å².